The van der Waals surface area contributed by atoms with E-state index in [1.165, 1.54) is 6.42 Å². The van der Waals surface area contributed by atoms with Gasteiger partial charge in [-0.25, -0.2) is 0 Å². The van der Waals surface area contributed by atoms with Gasteiger partial charge < -0.3 is 4.90 Å². The normalized spacial score (nSPS) is 29.9. The Morgan fingerprint density at radius 3 is 2.57 bits per heavy atom. The fourth-order valence-corrected chi connectivity index (χ4v) is 2.51. The fourth-order valence-electron chi connectivity index (χ4n) is 2.51. The Kier molecular flexibility index (Phi) is 2.45. The number of rotatable bonds is 2. The summed E-state index contributed by atoms with van der Waals surface area (Å²) in [5.41, 5.74) is 0. The van der Waals surface area contributed by atoms with Crippen LogP contribution >= 0.6 is 0 Å². The highest BCUT2D eigenvalue weighted by molar-refractivity contribution is 5.81. The lowest BCUT2D eigenvalue weighted by atomic mass is 9.71. The van der Waals surface area contributed by atoms with Gasteiger partial charge in [0.25, 0.3) is 0 Å². The Morgan fingerprint density at radius 1 is 1.50 bits per heavy atom. The van der Waals surface area contributed by atoms with Gasteiger partial charge in [0.2, 0.25) is 5.91 Å². The molecule has 3 heteroatoms. The van der Waals surface area contributed by atoms with Crippen LogP contribution in [0.1, 0.15) is 25.7 Å². The summed E-state index contributed by atoms with van der Waals surface area (Å²) >= 11 is 0. The van der Waals surface area contributed by atoms with Crippen LogP contribution in [0.15, 0.2) is 0 Å². The van der Waals surface area contributed by atoms with Crippen molar-refractivity contribution in [2.24, 2.45) is 17.8 Å². The zero-order valence-corrected chi connectivity index (χ0v) is 8.57. The van der Waals surface area contributed by atoms with Crippen molar-refractivity contribution in [1.82, 2.24) is 4.90 Å². The molecule has 0 radical (unpaired) electrons. The van der Waals surface area contributed by atoms with E-state index in [0.717, 1.165) is 25.8 Å². The van der Waals surface area contributed by atoms with Crippen molar-refractivity contribution in [2.75, 3.05) is 13.6 Å². The molecule has 0 aromatic carbocycles. The van der Waals surface area contributed by atoms with E-state index in [1.54, 1.807) is 4.90 Å². The van der Waals surface area contributed by atoms with Gasteiger partial charge in [0, 0.05) is 13.6 Å². The van der Waals surface area contributed by atoms with Gasteiger partial charge in [0.1, 0.15) is 0 Å². The topological polar surface area (TPSA) is 44.1 Å². The summed E-state index contributed by atoms with van der Waals surface area (Å²) in [5.74, 6) is 0.667. The second-order valence-electron chi connectivity index (χ2n) is 4.50. The zero-order valence-electron chi connectivity index (χ0n) is 8.57. The predicted octanol–water partition coefficient (Wildman–Crippen LogP) is 1.40. The highest BCUT2D eigenvalue weighted by atomic mass is 16.2. The fraction of sp³-hybridized carbons (Fsp3) is 0.818. The average molecular weight is 192 g/mol. The minimum atomic E-state index is -0.0128. The van der Waals surface area contributed by atoms with E-state index in [-0.39, 0.29) is 17.7 Å². The van der Waals surface area contributed by atoms with Crippen LogP contribution in [0.4, 0.5) is 0 Å². The molecule has 2 atom stereocenters. The smallest absolute Gasteiger partial charge is 0.226 e. The van der Waals surface area contributed by atoms with Crippen LogP contribution in [0.2, 0.25) is 0 Å². The van der Waals surface area contributed by atoms with Crippen LogP contribution in [0.25, 0.3) is 0 Å². The Bertz CT molecular complexity index is 278. The number of nitriles is 1. The first-order valence-electron chi connectivity index (χ1n) is 5.38. The SMILES string of the molecule is CN1CCC(C(C#N)C2CCC2)C1=O. The molecule has 1 heterocycles. The molecule has 0 N–H and O–H groups in total. The Balaban J connectivity index is 2.05. The van der Waals surface area contributed by atoms with Gasteiger partial charge in [-0.2, -0.15) is 5.26 Å². The van der Waals surface area contributed by atoms with Gasteiger partial charge in [-0.05, 0) is 25.2 Å². The van der Waals surface area contributed by atoms with Crippen molar-refractivity contribution in [3.8, 4) is 6.07 Å². The van der Waals surface area contributed by atoms with Crippen molar-refractivity contribution >= 4 is 5.91 Å². The van der Waals surface area contributed by atoms with Crippen LogP contribution in [-0.4, -0.2) is 24.4 Å². The first-order valence-corrected chi connectivity index (χ1v) is 5.38. The molecule has 1 amide bonds. The number of likely N-dealkylation sites (tertiary alicyclic amines) is 1. The Labute approximate surface area is 84.7 Å². The minimum absolute atomic E-state index is 0.00435. The van der Waals surface area contributed by atoms with Crippen molar-refractivity contribution in [1.29, 1.82) is 5.26 Å². The predicted molar refractivity (Wildman–Crippen MR) is 52.2 cm³/mol. The minimum Gasteiger partial charge on any atom is -0.345 e. The van der Waals surface area contributed by atoms with Crippen LogP contribution in [0, 0.1) is 29.1 Å². The highest BCUT2D eigenvalue weighted by Crippen LogP contribution is 2.40. The molecule has 1 saturated carbocycles. The van der Waals surface area contributed by atoms with Crippen molar-refractivity contribution in [3.63, 3.8) is 0 Å². The summed E-state index contributed by atoms with van der Waals surface area (Å²) in [7, 11) is 1.83. The maximum absolute atomic E-state index is 11.7. The third-order valence-corrected chi connectivity index (χ3v) is 3.71. The molecule has 0 aromatic rings. The monoisotopic (exact) mass is 192 g/mol. The molecule has 2 rings (SSSR count). The average Bonchev–Trinajstić information content (AvgIpc) is 2.41. The quantitative estimate of drug-likeness (QED) is 0.664. The molecule has 0 spiro atoms. The summed E-state index contributed by atoms with van der Waals surface area (Å²) in [5, 5.41) is 9.11. The molecule has 0 aromatic heterocycles. The van der Waals surface area contributed by atoms with E-state index >= 15 is 0 Å². The molecule has 0 bridgehead atoms. The first kappa shape index (κ1) is 9.51. The van der Waals surface area contributed by atoms with Gasteiger partial charge >= 0.3 is 0 Å². The third-order valence-electron chi connectivity index (χ3n) is 3.71. The van der Waals surface area contributed by atoms with E-state index in [9.17, 15) is 4.79 Å². The van der Waals surface area contributed by atoms with Crippen LogP contribution in [-0.2, 0) is 4.79 Å². The lowest BCUT2D eigenvalue weighted by molar-refractivity contribution is -0.131. The standard InChI is InChI=1S/C11H16N2O/c1-13-6-5-9(11(13)14)10(7-12)8-3-2-4-8/h8-10H,2-6H2,1H3. The zero-order chi connectivity index (χ0) is 10.1. The number of nitrogens with zero attached hydrogens (tertiary/aromatic N) is 2. The third kappa shape index (κ3) is 1.39. The van der Waals surface area contributed by atoms with Gasteiger partial charge in [-0.1, -0.05) is 6.42 Å². The molecule has 2 aliphatic rings. The van der Waals surface area contributed by atoms with E-state index in [2.05, 4.69) is 6.07 Å². The maximum Gasteiger partial charge on any atom is 0.226 e. The molecule has 14 heavy (non-hydrogen) atoms. The largest absolute Gasteiger partial charge is 0.345 e. The lowest BCUT2D eigenvalue weighted by Gasteiger charge is -2.32. The second-order valence-corrected chi connectivity index (χ2v) is 4.50. The molecule has 2 fully saturated rings. The van der Waals surface area contributed by atoms with Crippen molar-refractivity contribution in [3.05, 3.63) is 0 Å². The van der Waals surface area contributed by atoms with Crippen molar-refractivity contribution in [2.45, 2.75) is 25.7 Å². The molecular weight excluding hydrogens is 176 g/mol. The number of hydrogen-bond donors (Lipinski definition) is 0. The van der Waals surface area contributed by atoms with E-state index in [0.29, 0.717) is 5.92 Å². The summed E-state index contributed by atoms with van der Waals surface area (Å²) < 4.78 is 0. The second kappa shape index (κ2) is 3.61. The van der Waals surface area contributed by atoms with Gasteiger partial charge in [-0.3, -0.25) is 4.79 Å². The Hall–Kier alpha value is -1.04. The summed E-state index contributed by atoms with van der Waals surface area (Å²) in [6.45, 7) is 0.828. The van der Waals surface area contributed by atoms with E-state index in [1.807, 2.05) is 7.05 Å². The molecule has 1 aliphatic carbocycles. The number of hydrogen-bond acceptors (Lipinski definition) is 2. The maximum atomic E-state index is 11.7. The lowest BCUT2D eigenvalue weighted by Crippen LogP contribution is -2.32. The number of carbonyl (C=O) groups excluding carboxylic acids is 1. The number of amides is 1. The molecular formula is C11H16N2O. The van der Waals surface area contributed by atoms with Crippen molar-refractivity contribution < 1.29 is 4.79 Å². The first-order chi connectivity index (χ1) is 6.74. The van der Waals surface area contributed by atoms with Crippen LogP contribution in [0.3, 0.4) is 0 Å². The highest BCUT2D eigenvalue weighted by Gasteiger charge is 2.41. The summed E-state index contributed by atoms with van der Waals surface area (Å²) in [6, 6.07) is 2.35. The summed E-state index contributed by atoms with van der Waals surface area (Å²) in [6.07, 6.45) is 4.40. The summed E-state index contributed by atoms with van der Waals surface area (Å²) in [4.78, 5) is 13.5. The Morgan fingerprint density at radius 2 is 2.21 bits per heavy atom. The van der Waals surface area contributed by atoms with E-state index < -0.39 is 0 Å². The molecule has 2 unspecified atom stereocenters. The molecule has 76 valence electrons. The van der Waals surface area contributed by atoms with E-state index in [4.69, 9.17) is 5.26 Å². The number of carbonyl (C=O) groups is 1. The molecule has 3 nitrogen and oxygen atoms in total. The van der Waals surface area contributed by atoms with Crippen LogP contribution < -0.4 is 0 Å². The molecule has 1 saturated heterocycles. The van der Waals surface area contributed by atoms with Gasteiger partial charge in [0.15, 0.2) is 0 Å². The van der Waals surface area contributed by atoms with Crippen LogP contribution in [0.5, 0.6) is 0 Å². The van der Waals surface area contributed by atoms with Gasteiger partial charge in [-0.15, -0.1) is 0 Å². The van der Waals surface area contributed by atoms with Gasteiger partial charge in [0.05, 0.1) is 17.9 Å². The molecule has 1 aliphatic heterocycles.